The summed E-state index contributed by atoms with van der Waals surface area (Å²) in [5.41, 5.74) is 1.71. The minimum Gasteiger partial charge on any atom is -0.423 e. The smallest absolute Gasteiger partial charge is 0.298 e. The molecule has 1 atom stereocenters. The Balaban J connectivity index is 1.28. The van der Waals surface area contributed by atoms with E-state index in [2.05, 4.69) is 20.5 Å². The predicted octanol–water partition coefficient (Wildman–Crippen LogP) is 2.16. The molecule has 0 radical (unpaired) electrons. The Morgan fingerprint density at radius 2 is 2.12 bits per heavy atom. The number of nitrogens with one attached hydrogen (secondary N) is 2. The molecule has 2 aromatic rings. The Morgan fingerprint density at radius 3 is 2.88 bits per heavy atom. The fourth-order valence-electron chi connectivity index (χ4n) is 3.82. The number of aromatic nitrogens is 1. The molecule has 0 aliphatic carbocycles. The van der Waals surface area contributed by atoms with E-state index in [1.54, 1.807) is 0 Å². The van der Waals surface area contributed by atoms with Gasteiger partial charge in [-0.05, 0) is 56.8 Å². The van der Waals surface area contributed by atoms with E-state index in [1.807, 2.05) is 24.3 Å². The van der Waals surface area contributed by atoms with Crippen molar-refractivity contribution in [2.24, 2.45) is 11.8 Å². The van der Waals surface area contributed by atoms with Crippen molar-refractivity contribution in [3.05, 3.63) is 24.3 Å². The monoisotopic (exact) mass is 342 g/mol. The lowest BCUT2D eigenvalue weighted by Gasteiger charge is -2.30. The lowest BCUT2D eigenvalue weighted by atomic mass is 9.95. The summed E-state index contributed by atoms with van der Waals surface area (Å²) in [6.07, 6.45) is 4.13. The van der Waals surface area contributed by atoms with E-state index in [0.717, 1.165) is 56.7 Å². The molecule has 1 aromatic heterocycles. The number of carbonyl (C=O) groups is 1. The SMILES string of the molecule is O=C(NCC1CCCNC1)C1CCN(c2nc3ccccc3o2)CC1. The van der Waals surface area contributed by atoms with Crippen molar-refractivity contribution >= 4 is 23.0 Å². The van der Waals surface area contributed by atoms with Gasteiger partial charge in [0.25, 0.3) is 6.01 Å². The van der Waals surface area contributed by atoms with Gasteiger partial charge in [0.15, 0.2) is 5.58 Å². The second kappa shape index (κ2) is 7.44. The molecule has 0 bridgehead atoms. The van der Waals surface area contributed by atoms with Crippen LogP contribution in [0.1, 0.15) is 25.7 Å². The summed E-state index contributed by atoms with van der Waals surface area (Å²) < 4.78 is 5.84. The maximum atomic E-state index is 12.4. The van der Waals surface area contributed by atoms with E-state index in [-0.39, 0.29) is 11.8 Å². The normalized spacial score (nSPS) is 22.2. The van der Waals surface area contributed by atoms with Crippen molar-refractivity contribution in [3.63, 3.8) is 0 Å². The molecule has 6 heteroatoms. The molecule has 6 nitrogen and oxygen atoms in total. The van der Waals surface area contributed by atoms with Gasteiger partial charge in [-0.25, -0.2) is 0 Å². The first-order valence-electron chi connectivity index (χ1n) is 9.38. The largest absolute Gasteiger partial charge is 0.423 e. The minimum absolute atomic E-state index is 0.108. The number of para-hydroxylation sites is 2. The summed E-state index contributed by atoms with van der Waals surface area (Å²) in [6.45, 7) is 4.57. The van der Waals surface area contributed by atoms with Gasteiger partial charge >= 0.3 is 0 Å². The molecule has 2 fully saturated rings. The standard InChI is InChI=1S/C19H26N4O2/c24-18(21-13-14-4-3-9-20-12-14)15-7-10-23(11-8-15)19-22-16-5-1-2-6-17(16)25-19/h1-2,5-6,14-15,20H,3-4,7-13H2,(H,21,24). The zero-order valence-corrected chi connectivity index (χ0v) is 14.5. The number of benzene rings is 1. The molecule has 2 aliphatic heterocycles. The van der Waals surface area contributed by atoms with E-state index in [0.29, 0.717) is 11.9 Å². The van der Waals surface area contributed by atoms with Crippen LogP contribution in [0.15, 0.2) is 28.7 Å². The third kappa shape index (κ3) is 3.79. The molecule has 1 aromatic carbocycles. The molecule has 4 rings (SSSR count). The van der Waals surface area contributed by atoms with E-state index in [4.69, 9.17) is 4.42 Å². The van der Waals surface area contributed by atoms with Crippen LogP contribution in [0.5, 0.6) is 0 Å². The lowest BCUT2D eigenvalue weighted by molar-refractivity contribution is -0.125. The molecule has 2 aliphatic rings. The molecule has 0 spiro atoms. The minimum atomic E-state index is 0.108. The lowest BCUT2D eigenvalue weighted by Crippen LogP contribution is -2.43. The second-order valence-corrected chi connectivity index (χ2v) is 7.18. The summed E-state index contributed by atoms with van der Waals surface area (Å²) in [5, 5.41) is 6.56. The first-order valence-corrected chi connectivity index (χ1v) is 9.38. The Hall–Kier alpha value is -2.08. The molecule has 1 amide bonds. The summed E-state index contributed by atoms with van der Waals surface area (Å²) in [5.74, 6) is 0.900. The number of rotatable bonds is 4. The number of amides is 1. The summed E-state index contributed by atoms with van der Waals surface area (Å²) in [4.78, 5) is 19.1. The van der Waals surface area contributed by atoms with Gasteiger partial charge in [-0.2, -0.15) is 4.98 Å². The highest BCUT2D eigenvalue weighted by Gasteiger charge is 2.27. The number of nitrogens with zero attached hydrogens (tertiary/aromatic N) is 2. The summed E-state index contributed by atoms with van der Waals surface area (Å²) in [6, 6.07) is 8.49. The van der Waals surface area contributed by atoms with Crippen LogP contribution >= 0.6 is 0 Å². The second-order valence-electron chi connectivity index (χ2n) is 7.18. The zero-order chi connectivity index (χ0) is 17.1. The van der Waals surface area contributed by atoms with Crippen molar-refractivity contribution in [1.29, 1.82) is 0 Å². The van der Waals surface area contributed by atoms with E-state index < -0.39 is 0 Å². The van der Waals surface area contributed by atoms with Crippen LogP contribution in [0.25, 0.3) is 11.1 Å². The fourth-order valence-corrected chi connectivity index (χ4v) is 3.82. The molecular formula is C19H26N4O2. The number of fused-ring (bicyclic) bond motifs is 1. The van der Waals surface area contributed by atoms with Crippen LogP contribution in [0, 0.1) is 11.8 Å². The first-order chi connectivity index (χ1) is 12.3. The number of anilines is 1. The van der Waals surface area contributed by atoms with Gasteiger partial charge in [0, 0.05) is 25.6 Å². The third-order valence-corrected chi connectivity index (χ3v) is 5.38. The number of hydrogen-bond acceptors (Lipinski definition) is 5. The van der Waals surface area contributed by atoms with E-state index >= 15 is 0 Å². The molecule has 0 saturated carbocycles. The van der Waals surface area contributed by atoms with Crippen LogP contribution in [0.3, 0.4) is 0 Å². The predicted molar refractivity (Wildman–Crippen MR) is 97.5 cm³/mol. The average molecular weight is 342 g/mol. The molecule has 2 saturated heterocycles. The van der Waals surface area contributed by atoms with Crippen LogP contribution in [-0.4, -0.2) is 43.6 Å². The number of carbonyl (C=O) groups excluding carboxylic acids is 1. The summed E-state index contributed by atoms with van der Waals surface area (Å²) >= 11 is 0. The number of piperidine rings is 2. The van der Waals surface area contributed by atoms with Gasteiger partial charge in [0.2, 0.25) is 5.91 Å². The molecule has 25 heavy (non-hydrogen) atoms. The number of oxazole rings is 1. The highest BCUT2D eigenvalue weighted by Crippen LogP contribution is 2.26. The third-order valence-electron chi connectivity index (χ3n) is 5.38. The number of hydrogen-bond donors (Lipinski definition) is 2. The van der Waals surface area contributed by atoms with E-state index in [1.165, 1.54) is 12.8 Å². The fraction of sp³-hybridized carbons (Fsp3) is 0.579. The molecule has 1 unspecified atom stereocenters. The van der Waals surface area contributed by atoms with Crippen molar-refractivity contribution in [2.45, 2.75) is 25.7 Å². The maximum Gasteiger partial charge on any atom is 0.298 e. The van der Waals surface area contributed by atoms with Crippen LogP contribution in [-0.2, 0) is 4.79 Å². The molecular weight excluding hydrogens is 316 g/mol. The highest BCUT2D eigenvalue weighted by molar-refractivity contribution is 5.79. The Bertz CT molecular complexity index is 682. The molecule has 2 N–H and O–H groups in total. The van der Waals surface area contributed by atoms with Gasteiger partial charge in [-0.1, -0.05) is 12.1 Å². The van der Waals surface area contributed by atoms with Crippen molar-refractivity contribution in [2.75, 3.05) is 37.6 Å². The van der Waals surface area contributed by atoms with Gasteiger partial charge in [-0.15, -0.1) is 0 Å². The zero-order valence-electron chi connectivity index (χ0n) is 14.5. The Labute approximate surface area is 148 Å². The highest BCUT2D eigenvalue weighted by atomic mass is 16.4. The van der Waals surface area contributed by atoms with Crippen LogP contribution < -0.4 is 15.5 Å². The maximum absolute atomic E-state index is 12.4. The van der Waals surface area contributed by atoms with Gasteiger partial charge in [0.1, 0.15) is 5.52 Å². The Kier molecular flexibility index (Phi) is 4.88. The summed E-state index contributed by atoms with van der Waals surface area (Å²) in [7, 11) is 0. The van der Waals surface area contributed by atoms with Gasteiger partial charge < -0.3 is 20.0 Å². The topological polar surface area (TPSA) is 70.4 Å². The van der Waals surface area contributed by atoms with Crippen molar-refractivity contribution in [3.8, 4) is 0 Å². The average Bonchev–Trinajstić information content (AvgIpc) is 3.11. The van der Waals surface area contributed by atoms with Crippen LogP contribution in [0.4, 0.5) is 6.01 Å². The van der Waals surface area contributed by atoms with Crippen molar-refractivity contribution < 1.29 is 9.21 Å². The quantitative estimate of drug-likeness (QED) is 0.891. The van der Waals surface area contributed by atoms with E-state index in [9.17, 15) is 4.79 Å². The van der Waals surface area contributed by atoms with Crippen molar-refractivity contribution in [1.82, 2.24) is 15.6 Å². The first kappa shape index (κ1) is 16.4. The Morgan fingerprint density at radius 1 is 1.28 bits per heavy atom. The van der Waals surface area contributed by atoms with Gasteiger partial charge in [-0.3, -0.25) is 4.79 Å². The van der Waals surface area contributed by atoms with Crippen LogP contribution in [0.2, 0.25) is 0 Å². The molecule has 3 heterocycles. The van der Waals surface area contributed by atoms with Gasteiger partial charge in [0.05, 0.1) is 0 Å². The molecule has 134 valence electrons.